The van der Waals surface area contributed by atoms with Gasteiger partial charge in [-0.15, -0.1) is 0 Å². The van der Waals surface area contributed by atoms with Crippen LogP contribution in [0.4, 0.5) is 4.39 Å². The van der Waals surface area contributed by atoms with Crippen molar-refractivity contribution in [2.45, 2.75) is 0 Å². The molecule has 1 aromatic carbocycles. The molecular formula is C12H5Cl3FNO. The van der Waals surface area contributed by atoms with Crippen molar-refractivity contribution < 1.29 is 9.18 Å². The highest BCUT2D eigenvalue weighted by atomic mass is 35.5. The molecule has 2 nitrogen and oxygen atoms in total. The van der Waals surface area contributed by atoms with Crippen LogP contribution in [0, 0.1) is 5.95 Å². The molecule has 0 aliphatic rings. The van der Waals surface area contributed by atoms with Crippen molar-refractivity contribution in [1.29, 1.82) is 0 Å². The van der Waals surface area contributed by atoms with Gasteiger partial charge in [-0.1, -0.05) is 40.9 Å². The predicted octanol–water partition coefficient (Wildman–Crippen LogP) is 4.66. The summed E-state index contributed by atoms with van der Waals surface area (Å²) >= 11 is 17.7. The van der Waals surface area contributed by atoms with E-state index in [4.69, 9.17) is 34.8 Å². The molecule has 18 heavy (non-hydrogen) atoms. The minimum Gasteiger partial charge on any atom is -0.298 e. The van der Waals surface area contributed by atoms with Crippen LogP contribution in [0.1, 0.15) is 10.4 Å². The van der Waals surface area contributed by atoms with Crippen LogP contribution in [0.15, 0.2) is 24.4 Å². The fraction of sp³-hybridized carbons (Fsp3) is 0. The lowest BCUT2D eigenvalue weighted by Gasteiger charge is -2.08. The zero-order valence-corrected chi connectivity index (χ0v) is 11.0. The SMILES string of the molecule is O=Cc1cnc(F)c(-c2ccc(Cl)c(Cl)c2Cl)c1. The summed E-state index contributed by atoms with van der Waals surface area (Å²) in [5.41, 5.74) is 0.677. The summed E-state index contributed by atoms with van der Waals surface area (Å²) in [7, 11) is 0. The van der Waals surface area contributed by atoms with Crippen LogP contribution < -0.4 is 0 Å². The summed E-state index contributed by atoms with van der Waals surface area (Å²) in [6.07, 6.45) is 1.71. The Morgan fingerprint density at radius 2 is 1.83 bits per heavy atom. The largest absolute Gasteiger partial charge is 0.298 e. The fourth-order valence-corrected chi connectivity index (χ4v) is 2.09. The molecule has 0 unspecified atom stereocenters. The van der Waals surface area contributed by atoms with Gasteiger partial charge in [0.1, 0.15) is 0 Å². The molecule has 0 N–H and O–H groups in total. The van der Waals surface area contributed by atoms with Gasteiger partial charge in [0.25, 0.3) is 0 Å². The number of carbonyl (C=O) groups excluding carboxylic acids is 1. The van der Waals surface area contributed by atoms with Crippen LogP contribution in [0.3, 0.4) is 0 Å². The molecule has 0 bridgehead atoms. The molecule has 0 aliphatic carbocycles. The monoisotopic (exact) mass is 303 g/mol. The molecular weight excluding hydrogens is 299 g/mol. The van der Waals surface area contributed by atoms with E-state index >= 15 is 0 Å². The number of aromatic nitrogens is 1. The molecule has 2 rings (SSSR count). The van der Waals surface area contributed by atoms with E-state index in [1.165, 1.54) is 18.2 Å². The van der Waals surface area contributed by atoms with Crippen LogP contribution in [-0.4, -0.2) is 11.3 Å². The van der Waals surface area contributed by atoms with Gasteiger partial charge < -0.3 is 0 Å². The Balaban J connectivity index is 2.69. The lowest BCUT2D eigenvalue weighted by molar-refractivity contribution is 0.112. The van der Waals surface area contributed by atoms with Crippen LogP contribution in [-0.2, 0) is 0 Å². The van der Waals surface area contributed by atoms with E-state index < -0.39 is 5.95 Å². The van der Waals surface area contributed by atoms with Gasteiger partial charge in [-0.05, 0) is 12.1 Å². The molecule has 0 amide bonds. The summed E-state index contributed by atoms with van der Waals surface area (Å²) in [6, 6.07) is 4.37. The van der Waals surface area contributed by atoms with Crippen molar-refractivity contribution in [3.8, 4) is 11.1 Å². The van der Waals surface area contributed by atoms with Gasteiger partial charge in [-0.3, -0.25) is 4.79 Å². The van der Waals surface area contributed by atoms with Crippen molar-refractivity contribution in [2.75, 3.05) is 0 Å². The molecule has 0 aliphatic heterocycles. The summed E-state index contributed by atoms with van der Waals surface area (Å²) in [4.78, 5) is 14.2. The van der Waals surface area contributed by atoms with Gasteiger partial charge in [0, 0.05) is 22.9 Å². The number of rotatable bonds is 2. The topological polar surface area (TPSA) is 30.0 Å². The molecule has 0 atom stereocenters. The summed E-state index contributed by atoms with van der Waals surface area (Å²) in [6.45, 7) is 0. The highest BCUT2D eigenvalue weighted by Crippen LogP contribution is 2.38. The van der Waals surface area contributed by atoms with Crippen molar-refractivity contribution in [3.05, 3.63) is 51.0 Å². The third kappa shape index (κ3) is 2.34. The Labute approximate surface area is 117 Å². The molecule has 0 saturated heterocycles. The highest BCUT2D eigenvalue weighted by molar-refractivity contribution is 6.49. The minimum absolute atomic E-state index is 0.100. The van der Waals surface area contributed by atoms with Gasteiger partial charge >= 0.3 is 0 Å². The van der Waals surface area contributed by atoms with E-state index in [9.17, 15) is 9.18 Å². The molecule has 6 heteroatoms. The standard InChI is InChI=1S/C12H5Cl3FNO/c13-9-2-1-7(10(14)11(9)15)8-3-6(5-18)4-17-12(8)16/h1-5H. The van der Waals surface area contributed by atoms with E-state index in [-0.39, 0.29) is 26.2 Å². The Morgan fingerprint density at radius 1 is 1.11 bits per heavy atom. The molecule has 1 heterocycles. The Morgan fingerprint density at radius 3 is 2.50 bits per heavy atom. The van der Waals surface area contributed by atoms with Crippen LogP contribution in [0.2, 0.25) is 15.1 Å². The van der Waals surface area contributed by atoms with E-state index in [2.05, 4.69) is 4.98 Å². The number of carbonyl (C=O) groups is 1. The first-order valence-corrected chi connectivity index (χ1v) is 5.92. The molecule has 1 aromatic heterocycles. The first kappa shape index (κ1) is 13.3. The van der Waals surface area contributed by atoms with Gasteiger partial charge in [0.15, 0.2) is 6.29 Å². The van der Waals surface area contributed by atoms with Crippen LogP contribution >= 0.6 is 34.8 Å². The summed E-state index contributed by atoms with van der Waals surface area (Å²) < 4.78 is 13.6. The summed E-state index contributed by atoms with van der Waals surface area (Å²) in [5.74, 6) is -0.735. The summed E-state index contributed by atoms with van der Waals surface area (Å²) in [5, 5.41) is 0.519. The number of aldehydes is 1. The quantitative estimate of drug-likeness (QED) is 0.459. The Kier molecular flexibility index (Phi) is 3.85. The van der Waals surface area contributed by atoms with E-state index in [0.29, 0.717) is 11.8 Å². The third-order valence-corrected chi connectivity index (χ3v) is 3.62. The lowest BCUT2D eigenvalue weighted by atomic mass is 10.1. The second-order valence-corrected chi connectivity index (χ2v) is 4.61. The average molecular weight is 305 g/mol. The van der Waals surface area contributed by atoms with Crippen molar-refractivity contribution in [1.82, 2.24) is 4.98 Å². The molecule has 0 radical (unpaired) electrons. The maximum absolute atomic E-state index is 13.6. The number of hydrogen-bond acceptors (Lipinski definition) is 2. The first-order chi connectivity index (χ1) is 8.54. The molecule has 0 spiro atoms. The lowest BCUT2D eigenvalue weighted by Crippen LogP contribution is -1.93. The average Bonchev–Trinajstić information content (AvgIpc) is 2.37. The zero-order valence-electron chi connectivity index (χ0n) is 8.75. The van der Waals surface area contributed by atoms with Gasteiger partial charge in [0.05, 0.1) is 15.1 Å². The number of nitrogens with zero attached hydrogens (tertiary/aromatic N) is 1. The maximum Gasteiger partial charge on any atom is 0.220 e. The first-order valence-electron chi connectivity index (χ1n) is 4.79. The number of benzene rings is 1. The van der Waals surface area contributed by atoms with Crippen LogP contribution in [0.25, 0.3) is 11.1 Å². The Bertz CT molecular complexity index is 631. The smallest absolute Gasteiger partial charge is 0.220 e. The zero-order chi connectivity index (χ0) is 13.3. The van der Waals surface area contributed by atoms with E-state index in [1.54, 1.807) is 0 Å². The fourth-order valence-electron chi connectivity index (χ4n) is 1.45. The van der Waals surface area contributed by atoms with E-state index in [0.717, 1.165) is 6.20 Å². The number of pyridine rings is 1. The minimum atomic E-state index is -0.735. The second-order valence-electron chi connectivity index (χ2n) is 3.45. The van der Waals surface area contributed by atoms with E-state index in [1.807, 2.05) is 0 Å². The van der Waals surface area contributed by atoms with Gasteiger partial charge in [-0.25, -0.2) is 4.98 Å². The molecule has 2 aromatic rings. The maximum atomic E-state index is 13.6. The van der Waals surface area contributed by atoms with Crippen molar-refractivity contribution in [3.63, 3.8) is 0 Å². The molecule has 0 fully saturated rings. The van der Waals surface area contributed by atoms with Crippen LogP contribution in [0.5, 0.6) is 0 Å². The highest BCUT2D eigenvalue weighted by Gasteiger charge is 2.15. The van der Waals surface area contributed by atoms with Gasteiger partial charge in [-0.2, -0.15) is 4.39 Å². The number of halogens is 4. The normalized spacial score (nSPS) is 10.4. The van der Waals surface area contributed by atoms with Gasteiger partial charge in [0.2, 0.25) is 5.95 Å². The molecule has 92 valence electrons. The van der Waals surface area contributed by atoms with Crippen molar-refractivity contribution in [2.24, 2.45) is 0 Å². The second kappa shape index (κ2) is 5.22. The van der Waals surface area contributed by atoms with Crippen molar-refractivity contribution >= 4 is 41.1 Å². The molecule has 0 saturated carbocycles. The Hall–Kier alpha value is -1.16. The third-order valence-electron chi connectivity index (χ3n) is 2.32. The number of hydrogen-bond donors (Lipinski definition) is 0. The predicted molar refractivity (Wildman–Crippen MR) is 70.0 cm³/mol.